The molecular formula is C18H32N2O. The van der Waals surface area contributed by atoms with Crippen molar-refractivity contribution < 1.29 is 4.74 Å². The summed E-state index contributed by atoms with van der Waals surface area (Å²) in [6, 6.07) is 11.4. The fourth-order valence-electron chi connectivity index (χ4n) is 2.83. The molecule has 0 aromatic heterocycles. The molecule has 0 saturated carbocycles. The Labute approximate surface area is 130 Å². The van der Waals surface area contributed by atoms with Gasteiger partial charge in [0, 0.05) is 32.3 Å². The maximum Gasteiger partial charge on any atom is 0.0589 e. The maximum absolute atomic E-state index is 6.36. The lowest BCUT2D eigenvalue weighted by atomic mass is 10.0. The first-order valence-corrected chi connectivity index (χ1v) is 8.23. The predicted molar refractivity (Wildman–Crippen MR) is 90.6 cm³/mol. The Morgan fingerprint density at radius 3 is 2.38 bits per heavy atom. The Balaban J connectivity index is 2.44. The number of nitrogens with zero attached hydrogens (tertiary/aromatic N) is 1. The standard InChI is InChI=1S/C18H32N2O/c1-4-18(5-2)20(13-14-21-3)15-17(19)12-11-16-9-7-6-8-10-16/h6-10,17-18H,4-5,11-15,19H2,1-3H3. The molecule has 3 heteroatoms. The van der Waals surface area contributed by atoms with Gasteiger partial charge in [0.15, 0.2) is 0 Å². The molecule has 0 radical (unpaired) electrons. The van der Waals surface area contributed by atoms with Crippen molar-refractivity contribution in [3.05, 3.63) is 35.9 Å². The van der Waals surface area contributed by atoms with Crippen LogP contribution in [-0.2, 0) is 11.2 Å². The molecule has 1 aromatic rings. The number of nitrogens with two attached hydrogens (primary N) is 1. The fraction of sp³-hybridized carbons (Fsp3) is 0.667. The van der Waals surface area contributed by atoms with Crippen LogP contribution in [0.5, 0.6) is 0 Å². The Kier molecular flexibility index (Phi) is 9.31. The van der Waals surface area contributed by atoms with Gasteiger partial charge in [-0.25, -0.2) is 0 Å². The summed E-state index contributed by atoms with van der Waals surface area (Å²) < 4.78 is 5.24. The van der Waals surface area contributed by atoms with Gasteiger partial charge in [0.1, 0.15) is 0 Å². The highest BCUT2D eigenvalue weighted by Gasteiger charge is 2.17. The average Bonchev–Trinajstić information content (AvgIpc) is 2.52. The van der Waals surface area contributed by atoms with Crippen molar-refractivity contribution in [3.63, 3.8) is 0 Å². The molecule has 3 nitrogen and oxygen atoms in total. The smallest absolute Gasteiger partial charge is 0.0589 e. The van der Waals surface area contributed by atoms with E-state index in [0.29, 0.717) is 6.04 Å². The largest absolute Gasteiger partial charge is 0.383 e. The third kappa shape index (κ3) is 7.07. The van der Waals surface area contributed by atoms with Crippen molar-refractivity contribution >= 4 is 0 Å². The monoisotopic (exact) mass is 292 g/mol. The lowest BCUT2D eigenvalue weighted by Crippen LogP contribution is -2.44. The number of hydrogen-bond acceptors (Lipinski definition) is 3. The van der Waals surface area contributed by atoms with Crippen molar-refractivity contribution in [2.45, 2.75) is 51.6 Å². The minimum atomic E-state index is 0.225. The Morgan fingerprint density at radius 2 is 1.81 bits per heavy atom. The topological polar surface area (TPSA) is 38.5 Å². The van der Waals surface area contributed by atoms with Gasteiger partial charge in [0.25, 0.3) is 0 Å². The first kappa shape index (κ1) is 18.1. The van der Waals surface area contributed by atoms with Gasteiger partial charge in [0.2, 0.25) is 0 Å². The van der Waals surface area contributed by atoms with Gasteiger partial charge >= 0.3 is 0 Å². The van der Waals surface area contributed by atoms with E-state index in [1.54, 1.807) is 7.11 Å². The Morgan fingerprint density at radius 1 is 1.14 bits per heavy atom. The van der Waals surface area contributed by atoms with E-state index in [9.17, 15) is 0 Å². The van der Waals surface area contributed by atoms with E-state index >= 15 is 0 Å². The van der Waals surface area contributed by atoms with E-state index in [2.05, 4.69) is 49.1 Å². The first-order valence-electron chi connectivity index (χ1n) is 8.23. The van der Waals surface area contributed by atoms with Crippen LogP contribution in [0.2, 0.25) is 0 Å². The van der Waals surface area contributed by atoms with Gasteiger partial charge in [0.05, 0.1) is 6.61 Å². The van der Waals surface area contributed by atoms with Crippen molar-refractivity contribution in [3.8, 4) is 0 Å². The molecule has 0 saturated heterocycles. The number of ether oxygens (including phenoxy) is 1. The Hall–Kier alpha value is -0.900. The van der Waals surface area contributed by atoms with Gasteiger partial charge in [-0.15, -0.1) is 0 Å². The molecule has 1 atom stereocenters. The van der Waals surface area contributed by atoms with Crippen LogP contribution in [0.4, 0.5) is 0 Å². The molecule has 0 aliphatic heterocycles. The second kappa shape index (κ2) is 10.8. The van der Waals surface area contributed by atoms with Crippen LogP contribution in [-0.4, -0.2) is 43.8 Å². The molecule has 1 aromatic carbocycles. The second-order valence-electron chi connectivity index (χ2n) is 5.74. The van der Waals surface area contributed by atoms with Crippen LogP contribution in [0.3, 0.4) is 0 Å². The highest BCUT2D eigenvalue weighted by atomic mass is 16.5. The SMILES string of the molecule is CCC(CC)N(CCOC)CC(N)CCc1ccccc1. The third-order valence-electron chi connectivity index (χ3n) is 4.16. The quantitative estimate of drug-likeness (QED) is 0.681. The summed E-state index contributed by atoms with van der Waals surface area (Å²) in [6.07, 6.45) is 4.44. The number of rotatable bonds is 11. The average molecular weight is 292 g/mol. The summed E-state index contributed by atoms with van der Waals surface area (Å²) >= 11 is 0. The summed E-state index contributed by atoms with van der Waals surface area (Å²) in [6.45, 7) is 7.22. The molecule has 1 unspecified atom stereocenters. The molecule has 21 heavy (non-hydrogen) atoms. The van der Waals surface area contributed by atoms with E-state index in [4.69, 9.17) is 10.5 Å². The Bertz CT molecular complexity index is 351. The minimum absolute atomic E-state index is 0.225. The zero-order chi connectivity index (χ0) is 15.5. The van der Waals surface area contributed by atoms with Crippen LogP contribution < -0.4 is 5.73 Å². The van der Waals surface area contributed by atoms with Gasteiger partial charge in [-0.1, -0.05) is 44.2 Å². The van der Waals surface area contributed by atoms with Crippen molar-refractivity contribution in [1.29, 1.82) is 0 Å². The molecular weight excluding hydrogens is 260 g/mol. The number of aryl methyl sites for hydroxylation is 1. The van der Waals surface area contributed by atoms with Crippen molar-refractivity contribution in [2.24, 2.45) is 5.73 Å². The maximum atomic E-state index is 6.36. The van der Waals surface area contributed by atoms with Crippen LogP contribution in [0.1, 0.15) is 38.7 Å². The van der Waals surface area contributed by atoms with Crippen LogP contribution in [0, 0.1) is 0 Å². The van der Waals surface area contributed by atoms with Crippen LogP contribution >= 0.6 is 0 Å². The lowest BCUT2D eigenvalue weighted by molar-refractivity contribution is 0.109. The molecule has 0 fully saturated rings. The van der Waals surface area contributed by atoms with Gasteiger partial charge in [-0.05, 0) is 31.2 Å². The van der Waals surface area contributed by atoms with E-state index in [-0.39, 0.29) is 6.04 Å². The summed E-state index contributed by atoms with van der Waals surface area (Å²) in [5.74, 6) is 0. The number of hydrogen-bond donors (Lipinski definition) is 1. The molecule has 0 amide bonds. The summed E-state index contributed by atoms with van der Waals surface area (Å²) in [4.78, 5) is 2.50. The van der Waals surface area contributed by atoms with Crippen molar-refractivity contribution in [2.75, 3.05) is 26.8 Å². The zero-order valence-corrected chi connectivity index (χ0v) is 13.9. The number of methoxy groups -OCH3 is 1. The molecule has 0 spiro atoms. The highest BCUT2D eigenvalue weighted by molar-refractivity contribution is 5.14. The van der Waals surface area contributed by atoms with Gasteiger partial charge in [-0.2, -0.15) is 0 Å². The zero-order valence-electron chi connectivity index (χ0n) is 13.9. The first-order chi connectivity index (χ1) is 10.2. The fourth-order valence-corrected chi connectivity index (χ4v) is 2.83. The molecule has 0 heterocycles. The highest BCUT2D eigenvalue weighted by Crippen LogP contribution is 2.11. The third-order valence-corrected chi connectivity index (χ3v) is 4.16. The van der Waals surface area contributed by atoms with E-state index in [1.165, 1.54) is 18.4 Å². The summed E-state index contributed by atoms with van der Waals surface area (Å²) in [5.41, 5.74) is 7.73. The molecule has 0 aliphatic rings. The molecule has 120 valence electrons. The van der Waals surface area contributed by atoms with Crippen LogP contribution in [0.25, 0.3) is 0 Å². The normalized spacial score (nSPS) is 13.0. The van der Waals surface area contributed by atoms with E-state index < -0.39 is 0 Å². The predicted octanol–water partition coefficient (Wildman–Crippen LogP) is 3.08. The van der Waals surface area contributed by atoms with Gasteiger partial charge in [-0.3, -0.25) is 4.90 Å². The summed E-state index contributed by atoms with van der Waals surface area (Å²) in [7, 11) is 1.76. The summed E-state index contributed by atoms with van der Waals surface area (Å²) in [5, 5.41) is 0. The van der Waals surface area contributed by atoms with Crippen LogP contribution in [0.15, 0.2) is 30.3 Å². The lowest BCUT2D eigenvalue weighted by Gasteiger charge is -2.32. The molecule has 0 bridgehead atoms. The minimum Gasteiger partial charge on any atom is -0.383 e. The van der Waals surface area contributed by atoms with Gasteiger partial charge < -0.3 is 10.5 Å². The molecule has 2 N–H and O–H groups in total. The molecule has 0 aliphatic carbocycles. The second-order valence-corrected chi connectivity index (χ2v) is 5.74. The number of benzene rings is 1. The van der Waals surface area contributed by atoms with E-state index in [0.717, 1.165) is 32.5 Å². The van der Waals surface area contributed by atoms with Crippen molar-refractivity contribution in [1.82, 2.24) is 4.90 Å². The van der Waals surface area contributed by atoms with E-state index in [1.807, 2.05) is 0 Å². The molecule has 1 rings (SSSR count).